The molecule has 3 nitrogen and oxygen atoms in total. The van der Waals surface area contributed by atoms with Gasteiger partial charge in [0.2, 0.25) is 5.91 Å². The van der Waals surface area contributed by atoms with Crippen LogP contribution in [0.4, 0.5) is 8.78 Å². The van der Waals surface area contributed by atoms with E-state index in [1.54, 1.807) is 12.1 Å². The van der Waals surface area contributed by atoms with Gasteiger partial charge in [-0.05, 0) is 42.0 Å². The van der Waals surface area contributed by atoms with Crippen LogP contribution in [0.3, 0.4) is 0 Å². The molecule has 1 saturated carbocycles. The monoisotopic (exact) mass is 356 g/mol. The summed E-state index contributed by atoms with van der Waals surface area (Å²) in [6.07, 6.45) is 1.63. The standard InChI is InChI=1S/C21H22F2N2O/c1-21(20(26)25-10-9-13(25)12-24)11-16(21)14-5-2-3-6-15(14)19-17(22)7-4-8-18(19)23/h2-8,13,16H,9-12,24H2,1H3. The van der Waals surface area contributed by atoms with Crippen molar-refractivity contribution in [1.29, 1.82) is 0 Å². The van der Waals surface area contributed by atoms with Crippen LogP contribution in [0.15, 0.2) is 42.5 Å². The van der Waals surface area contributed by atoms with Crippen molar-refractivity contribution in [2.75, 3.05) is 13.1 Å². The minimum atomic E-state index is -0.586. The molecule has 2 aromatic rings. The van der Waals surface area contributed by atoms with Crippen molar-refractivity contribution < 1.29 is 13.6 Å². The van der Waals surface area contributed by atoms with E-state index in [4.69, 9.17) is 5.73 Å². The molecule has 3 atom stereocenters. The van der Waals surface area contributed by atoms with Crippen molar-refractivity contribution >= 4 is 5.91 Å². The highest BCUT2D eigenvalue weighted by molar-refractivity contribution is 5.89. The van der Waals surface area contributed by atoms with Crippen molar-refractivity contribution in [3.63, 3.8) is 0 Å². The molecule has 0 bridgehead atoms. The maximum Gasteiger partial charge on any atom is 0.229 e. The summed E-state index contributed by atoms with van der Waals surface area (Å²) in [5.74, 6) is -1.11. The summed E-state index contributed by atoms with van der Waals surface area (Å²) in [5.41, 5.74) is 6.55. The van der Waals surface area contributed by atoms with Crippen LogP contribution >= 0.6 is 0 Å². The summed E-state index contributed by atoms with van der Waals surface area (Å²) in [5, 5.41) is 0. The Hall–Kier alpha value is -2.27. The Morgan fingerprint density at radius 2 is 1.88 bits per heavy atom. The van der Waals surface area contributed by atoms with Gasteiger partial charge in [-0.15, -0.1) is 0 Å². The molecular weight excluding hydrogens is 334 g/mol. The molecule has 0 aromatic heterocycles. The molecule has 3 unspecified atom stereocenters. The first-order valence-corrected chi connectivity index (χ1v) is 9.02. The van der Waals surface area contributed by atoms with E-state index in [9.17, 15) is 13.6 Å². The molecule has 1 saturated heterocycles. The molecule has 2 N–H and O–H groups in total. The number of nitrogens with zero attached hydrogens (tertiary/aromatic N) is 1. The number of amides is 1. The molecule has 5 heteroatoms. The summed E-state index contributed by atoms with van der Waals surface area (Å²) in [6.45, 7) is 3.16. The van der Waals surface area contributed by atoms with Crippen molar-refractivity contribution in [1.82, 2.24) is 4.90 Å². The Morgan fingerprint density at radius 1 is 1.19 bits per heavy atom. The lowest BCUT2D eigenvalue weighted by molar-refractivity contribution is -0.144. The minimum absolute atomic E-state index is 0.0198. The smallest absolute Gasteiger partial charge is 0.229 e. The topological polar surface area (TPSA) is 46.3 Å². The molecule has 1 aliphatic carbocycles. The Morgan fingerprint density at radius 3 is 2.50 bits per heavy atom. The summed E-state index contributed by atoms with van der Waals surface area (Å²) in [7, 11) is 0. The van der Waals surface area contributed by atoms with Gasteiger partial charge in [0.25, 0.3) is 0 Å². The van der Waals surface area contributed by atoms with Gasteiger partial charge in [0.05, 0.1) is 11.0 Å². The van der Waals surface area contributed by atoms with E-state index >= 15 is 0 Å². The summed E-state index contributed by atoms with van der Waals surface area (Å²) in [6, 6.07) is 11.2. The van der Waals surface area contributed by atoms with Gasteiger partial charge in [-0.1, -0.05) is 37.3 Å². The molecule has 1 amide bonds. The van der Waals surface area contributed by atoms with Gasteiger partial charge in [0.1, 0.15) is 11.6 Å². The molecule has 0 radical (unpaired) electrons. The molecule has 2 fully saturated rings. The van der Waals surface area contributed by atoms with Crippen LogP contribution in [-0.2, 0) is 4.79 Å². The predicted molar refractivity (Wildman–Crippen MR) is 96.4 cm³/mol. The van der Waals surface area contributed by atoms with Crippen LogP contribution in [-0.4, -0.2) is 29.9 Å². The molecule has 1 heterocycles. The Balaban J connectivity index is 1.68. The van der Waals surface area contributed by atoms with Crippen LogP contribution in [0.25, 0.3) is 11.1 Å². The van der Waals surface area contributed by atoms with E-state index in [0.717, 1.165) is 18.5 Å². The number of benzene rings is 2. The van der Waals surface area contributed by atoms with Crippen LogP contribution < -0.4 is 5.73 Å². The first-order valence-electron chi connectivity index (χ1n) is 9.02. The van der Waals surface area contributed by atoms with Gasteiger partial charge in [-0.2, -0.15) is 0 Å². The maximum absolute atomic E-state index is 14.3. The normalized spacial score (nSPS) is 27.2. The number of hydrogen-bond acceptors (Lipinski definition) is 2. The van der Waals surface area contributed by atoms with Gasteiger partial charge < -0.3 is 10.6 Å². The minimum Gasteiger partial charge on any atom is -0.338 e. The molecule has 26 heavy (non-hydrogen) atoms. The molecule has 136 valence electrons. The Labute approximate surface area is 151 Å². The third-order valence-electron chi connectivity index (χ3n) is 5.97. The van der Waals surface area contributed by atoms with E-state index in [1.807, 2.05) is 24.0 Å². The largest absolute Gasteiger partial charge is 0.338 e. The van der Waals surface area contributed by atoms with E-state index in [2.05, 4.69) is 0 Å². The average molecular weight is 356 g/mol. The van der Waals surface area contributed by atoms with Crippen molar-refractivity contribution in [2.24, 2.45) is 11.1 Å². The zero-order chi connectivity index (χ0) is 18.5. The van der Waals surface area contributed by atoms with E-state index < -0.39 is 17.0 Å². The molecule has 0 spiro atoms. The van der Waals surface area contributed by atoms with Crippen molar-refractivity contribution in [2.45, 2.75) is 31.7 Å². The molecule has 2 aromatic carbocycles. The van der Waals surface area contributed by atoms with Gasteiger partial charge in [-0.25, -0.2) is 8.78 Å². The molecule has 2 aliphatic rings. The maximum atomic E-state index is 14.3. The van der Waals surface area contributed by atoms with Crippen molar-refractivity contribution in [3.05, 3.63) is 59.7 Å². The third kappa shape index (κ3) is 2.53. The average Bonchev–Trinajstić information content (AvgIpc) is 3.28. The van der Waals surface area contributed by atoms with Crippen LogP contribution in [0.1, 0.15) is 31.2 Å². The second kappa shape index (κ2) is 6.16. The van der Waals surface area contributed by atoms with Gasteiger partial charge in [-0.3, -0.25) is 4.79 Å². The fraction of sp³-hybridized carbons (Fsp3) is 0.381. The highest BCUT2D eigenvalue weighted by Crippen LogP contribution is 2.62. The second-order valence-electron chi connectivity index (χ2n) is 7.53. The first-order chi connectivity index (χ1) is 12.5. The van der Waals surface area contributed by atoms with Crippen molar-refractivity contribution in [3.8, 4) is 11.1 Å². The first kappa shape index (κ1) is 17.2. The lowest BCUT2D eigenvalue weighted by Crippen LogP contribution is -2.56. The zero-order valence-electron chi connectivity index (χ0n) is 14.7. The highest BCUT2D eigenvalue weighted by atomic mass is 19.1. The Kier molecular flexibility index (Phi) is 4.07. The summed E-state index contributed by atoms with van der Waals surface area (Å²) in [4.78, 5) is 14.8. The summed E-state index contributed by atoms with van der Waals surface area (Å²) >= 11 is 0. The SMILES string of the molecule is CC1(C(=O)N2CCC2CN)CC1c1ccccc1-c1c(F)cccc1F. The van der Waals surface area contributed by atoms with E-state index in [0.29, 0.717) is 18.5 Å². The number of rotatable bonds is 4. The van der Waals surface area contributed by atoms with Gasteiger partial charge in [0, 0.05) is 19.1 Å². The van der Waals surface area contributed by atoms with E-state index in [1.165, 1.54) is 18.2 Å². The predicted octanol–water partition coefficient (Wildman–Crippen LogP) is 3.69. The summed E-state index contributed by atoms with van der Waals surface area (Å²) < 4.78 is 28.6. The Bertz CT molecular complexity index is 847. The quantitative estimate of drug-likeness (QED) is 0.908. The fourth-order valence-corrected chi connectivity index (χ4v) is 4.12. The third-order valence-corrected chi connectivity index (χ3v) is 5.97. The molecule has 4 rings (SSSR count). The second-order valence-corrected chi connectivity index (χ2v) is 7.53. The number of nitrogens with two attached hydrogens (primary N) is 1. The fourth-order valence-electron chi connectivity index (χ4n) is 4.12. The van der Waals surface area contributed by atoms with Crippen LogP contribution in [0.2, 0.25) is 0 Å². The van der Waals surface area contributed by atoms with Gasteiger partial charge >= 0.3 is 0 Å². The number of carbonyl (C=O) groups excluding carboxylic acids is 1. The van der Waals surface area contributed by atoms with Crippen LogP contribution in [0.5, 0.6) is 0 Å². The number of hydrogen-bond donors (Lipinski definition) is 1. The molecular formula is C21H22F2N2O. The van der Waals surface area contributed by atoms with Crippen LogP contribution in [0, 0.1) is 17.0 Å². The highest BCUT2D eigenvalue weighted by Gasteiger charge is 2.59. The zero-order valence-corrected chi connectivity index (χ0v) is 14.7. The lowest BCUT2D eigenvalue weighted by Gasteiger charge is -2.42. The number of carbonyl (C=O) groups is 1. The van der Waals surface area contributed by atoms with E-state index in [-0.39, 0.29) is 23.4 Å². The lowest BCUT2D eigenvalue weighted by atomic mass is 9.90. The van der Waals surface area contributed by atoms with Gasteiger partial charge in [0.15, 0.2) is 0 Å². The molecule has 1 aliphatic heterocycles. The number of halogens is 2. The number of likely N-dealkylation sites (tertiary alicyclic amines) is 1.